The maximum absolute atomic E-state index is 13.3. The Kier molecular flexibility index (Phi) is 5.18. The number of nitrogens with one attached hydrogen (secondary N) is 3. The van der Waals surface area contributed by atoms with Gasteiger partial charge in [0.25, 0.3) is 5.91 Å². The number of hydrogen-bond acceptors (Lipinski definition) is 3. The second-order valence-corrected chi connectivity index (χ2v) is 7.20. The van der Waals surface area contributed by atoms with E-state index in [1.54, 1.807) is 7.11 Å². The van der Waals surface area contributed by atoms with Crippen molar-refractivity contribution < 1.29 is 9.53 Å². The summed E-state index contributed by atoms with van der Waals surface area (Å²) >= 11 is 5.40. The third-order valence-corrected chi connectivity index (χ3v) is 5.20. The molecule has 0 saturated carbocycles. The van der Waals surface area contributed by atoms with Gasteiger partial charge < -0.3 is 20.7 Å². The lowest BCUT2D eigenvalue weighted by molar-refractivity contribution is -0.113. The number of carbonyl (C=O) groups excluding carboxylic acids is 1. The van der Waals surface area contributed by atoms with Crippen LogP contribution in [0.4, 0.5) is 5.69 Å². The normalized spacial score (nSPS) is 16.2. The smallest absolute Gasteiger partial charge is 0.255 e. The lowest BCUT2D eigenvalue weighted by Gasteiger charge is -2.32. The number of hydrogen-bond donors (Lipinski definition) is 3. The molecule has 0 aliphatic carbocycles. The lowest BCUT2D eigenvalue weighted by atomic mass is 9.90. The van der Waals surface area contributed by atoms with Crippen molar-refractivity contribution in [2.45, 2.75) is 13.0 Å². The first-order chi connectivity index (χ1) is 14.1. The molecule has 1 aliphatic rings. The van der Waals surface area contributed by atoms with E-state index >= 15 is 0 Å². The van der Waals surface area contributed by atoms with Crippen molar-refractivity contribution in [1.29, 1.82) is 0 Å². The number of rotatable bonds is 4. The van der Waals surface area contributed by atoms with E-state index in [1.807, 2.05) is 73.7 Å². The van der Waals surface area contributed by atoms with Gasteiger partial charge in [0, 0.05) is 16.9 Å². The summed E-state index contributed by atoms with van der Waals surface area (Å²) in [4.78, 5) is 13.3. The third-order valence-electron chi connectivity index (χ3n) is 4.98. The molecular weight excluding hydrogens is 382 g/mol. The van der Waals surface area contributed by atoms with Crippen molar-refractivity contribution in [3.05, 3.63) is 83.6 Å². The molecule has 1 heterocycles. The minimum Gasteiger partial charge on any atom is -0.496 e. The summed E-state index contributed by atoms with van der Waals surface area (Å²) in [6.07, 6.45) is 0. The van der Waals surface area contributed by atoms with Crippen LogP contribution in [-0.2, 0) is 4.79 Å². The molecule has 0 unspecified atom stereocenters. The van der Waals surface area contributed by atoms with Gasteiger partial charge in [-0.25, -0.2) is 0 Å². The second-order valence-electron chi connectivity index (χ2n) is 6.79. The van der Waals surface area contributed by atoms with Gasteiger partial charge >= 0.3 is 0 Å². The predicted molar refractivity (Wildman–Crippen MR) is 120 cm³/mol. The second kappa shape index (κ2) is 7.93. The molecule has 0 spiro atoms. The van der Waals surface area contributed by atoms with E-state index < -0.39 is 6.04 Å². The van der Waals surface area contributed by atoms with Crippen LogP contribution in [0.3, 0.4) is 0 Å². The number of anilines is 1. The topological polar surface area (TPSA) is 62.4 Å². The molecule has 1 aliphatic heterocycles. The molecule has 0 saturated heterocycles. The molecule has 4 rings (SSSR count). The van der Waals surface area contributed by atoms with E-state index in [1.165, 1.54) is 0 Å². The van der Waals surface area contributed by atoms with Gasteiger partial charge in [-0.1, -0.05) is 48.5 Å². The standard InChI is InChI=1S/C23H21N3O2S/c1-14-19(22(27)25-16-9-4-3-5-10-16)21(26-23(29)24-14)20-17-11-7-6-8-15(17)12-13-18(20)28-2/h3-13,21H,1-2H3,(H,25,27)(H2,24,26,29)/t21-/m0/s1. The zero-order chi connectivity index (χ0) is 20.4. The molecule has 1 atom stereocenters. The van der Waals surface area contributed by atoms with Crippen LogP contribution >= 0.6 is 12.2 Å². The maximum Gasteiger partial charge on any atom is 0.255 e. The number of amides is 1. The molecule has 0 radical (unpaired) electrons. The number of thiocarbonyl (C=S) groups is 1. The highest BCUT2D eigenvalue weighted by Gasteiger charge is 2.33. The molecule has 5 nitrogen and oxygen atoms in total. The molecule has 1 amide bonds. The first-order valence-electron chi connectivity index (χ1n) is 9.29. The average Bonchev–Trinajstić information content (AvgIpc) is 2.72. The van der Waals surface area contributed by atoms with E-state index in [-0.39, 0.29) is 5.91 Å². The largest absolute Gasteiger partial charge is 0.496 e. The van der Waals surface area contributed by atoms with Crippen LogP contribution in [0.2, 0.25) is 0 Å². The minimum atomic E-state index is -0.450. The van der Waals surface area contributed by atoms with E-state index in [4.69, 9.17) is 17.0 Å². The molecule has 3 aromatic carbocycles. The first-order valence-corrected chi connectivity index (χ1v) is 9.69. The van der Waals surface area contributed by atoms with Gasteiger partial charge in [0.15, 0.2) is 5.11 Å². The maximum atomic E-state index is 13.3. The van der Waals surface area contributed by atoms with Gasteiger partial charge in [-0.2, -0.15) is 0 Å². The number of ether oxygens (including phenoxy) is 1. The molecule has 0 bridgehead atoms. The highest BCUT2D eigenvalue weighted by atomic mass is 32.1. The van der Waals surface area contributed by atoms with Crippen LogP contribution in [0.5, 0.6) is 5.75 Å². The van der Waals surface area contributed by atoms with E-state index in [2.05, 4.69) is 16.0 Å². The predicted octanol–water partition coefficient (Wildman–Crippen LogP) is 4.28. The van der Waals surface area contributed by atoms with Crippen LogP contribution < -0.4 is 20.7 Å². The van der Waals surface area contributed by atoms with Crippen molar-refractivity contribution in [3.8, 4) is 5.75 Å². The summed E-state index contributed by atoms with van der Waals surface area (Å²) in [5.74, 6) is 0.500. The summed E-state index contributed by atoms with van der Waals surface area (Å²) in [7, 11) is 1.63. The highest BCUT2D eigenvalue weighted by molar-refractivity contribution is 7.80. The van der Waals surface area contributed by atoms with Crippen LogP contribution in [0.25, 0.3) is 10.8 Å². The van der Waals surface area contributed by atoms with Gasteiger partial charge in [-0.05, 0) is 48.1 Å². The molecule has 6 heteroatoms. The van der Waals surface area contributed by atoms with Gasteiger partial charge in [0.1, 0.15) is 5.75 Å². The summed E-state index contributed by atoms with van der Waals surface area (Å²) in [5.41, 5.74) is 2.89. The van der Waals surface area contributed by atoms with Gasteiger partial charge in [0.05, 0.1) is 18.7 Å². The first kappa shape index (κ1) is 19.0. The molecule has 0 fully saturated rings. The van der Waals surface area contributed by atoms with Gasteiger partial charge in [-0.15, -0.1) is 0 Å². The molecule has 3 aromatic rings. The number of fused-ring (bicyclic) bond motifs is 1. The Morgan fingerprint density at radius 2 is 1.76 bits per heavy atom. The van der Waals surface area contributed by atoms with Crippen molar-refractivity contribution in [2.24, 2.45) is 0 Å². The Labute approximate surface area is 174 Å². The van der Waals surface area contributed by atoms with E-state index in [9.17, 15) is 4.79 Å². The number of methoxy groups -OCH3 is 1. The Hall–Kier alpha value is -3.38. The monoisotopic (exact) mass is 403 g/mol. The quantitative estimate of drug-likeness (QED) is 0.568. The molecule has 146 valence electrons. The Balaban J connectivity index is 1.85. The zero-order valence-electron chi connectivity index (χ0n) is 16.2. The number of carbonyl (C=O) groups is 1. The number of benzene rings is 3. The molecule has 0 aromatic heterocycles. The SMILES string of the molecule is COc1ccc2ccccc2c1[C@H]1NC(=S)NC(C)=C1C(=O)Nc1ccccc1. The van der Waals surface area contributed by atoms with Crippen molar-refractivity contribution in [2.75, 3.05) is 12.4 Å². The molecule has 3 N–H and O–H groups in total. The fourth-order valence-electron chi connectivity index (χ4n) is 3.68. The van der Waals surface area contributed by atoms with Gasteiger partial charge in [-0.3, -0.25) is 4.79 Å². The van der Waals surface area contributed by atoms with Crippen LogP contribution in [-0.4, -0.2) is 18.1 Å². The van der Waals surface area contributed by atoms with Crippen molar-refractivity contribution in [3.63, 3.8) is 0 Å². The van der Waals surface area contributed by atoms with Gasteiger partial charge in [0.2, 0.25) is 0 Å². The van der Waals surface area contributed by atoms with E-state index in [0.717, 1.165) is 22.0 Å². The lowest BCUT2D eigenvalue weighted by Crippen LogP contribution is -2.46. The summed E-state index contributed by atoms with van der Waals surface area (Å²) in [6.45, 7) is 1.86. The Morgan fingerprint density at radius 1 is 1.03 bits per heavy atom. The summed E-state index contributed by atoms with van der Waals surface area (Å²) in [6, 6.07) is 20.9. The Bertz CT molecular complexity index is 1130. The minimum absolute atomic E-state index is 0.198. The Morgan fingerprint density at radius 3 is 2.52 bits per heavy atom. The molecule has 29 heavy (non-hydrogen) atoms. The van der Waals surface area contributed by atoms with Crippen molar-refractivity contribution in [1.82, 2.24) is 10.6 Å². The fraction of sp³-hybridized carbons (Fsp3) is 0.130. The zero-order valence-corrected chi connectivity index (χ0v) is 17.0. The highest BCUT2D eigenvalue weighted by Crippen LogP contribution is 2.38. The van der Waals surface area contributed by atoms with Crippen LogP contribution in [0.1, 0.15) is 18.5 Å². The number of para-hydroxylation sites is 1. The van der Waals surface area contributed by atoms with Crippen LogP contribution in [0, 0.1) is 0 Å². The summed E-state index contributed by atoms with van der Waals surface area (Å²) in [5, 5.41) is 11.9. The average molecular weight is 404 g/mol. The fourth-order valence-corrected chi connectivity index (χ4v) is 3.95. The summed E-state index contributed by atoms with van der Waals surface area (Å²) < 4.78 is 5.67. The third kappa shape index (κ3) is 3.67. The van der Waals surface area contributed by atoms with Crippen LogP contribution in [0.15, 0.2) is 78.0 Å². The van der Waals surface area contributed by atoms with Crippen molar-refractivity contribution >= 4 is 39.7 Å². The van der Waals surface area contributed by atoms with E-state index in [0.29, 0.717) is 22.1 Å². The molecular formula is C23H21N3O2S. The number of allylic oxidation sites excluding steroid dienone is 1.